The maximum absolute atomic E-state index is 11.1. The van der Waals surface area contributed by atoms with Crippen molar-refractivity contribution in [2.45, 2.75) is 39.1 Å². The number of rotatable bonds is 4. The Morgan fingerprint density at radius 3 is 2.20 bits per heavy atom. The normalized spacial score (nSPS) is 26.7. The molecule has 1 heterocycles. The minimum Gasteiger partial charge on any atom is -0.456 e. The molecule has 0 spiro atoms. The summed E-state index contributed by atoms with van der Waals surface area (Å²) < 4.78 is 20.2. The summed E-state index contributed by atoms with van der Waals surface area (Å²) in [6.07, 6.45) is -3.07. The zero-order valence-electron chi connectivity index (χ0n) is 11.5. The summed E-state index contributed by atoms with van der Waals surface area (Å²) in [5, 5.41) is 9.21. The van der Waals surface area contributed by atoms with Crippen molar-refractivity contribution in [3.63, 3.8) is 0 Å². The van der Waals surface area contributed by atoms with Gasteiger partial charge in [-0.15, -0.1) is 0 Å². The van der Waals surface area contributed by atoms with Crippen LogP contribution in [0.1, 0.15) is 20.8 Å². The van der Waals surface area contributed by atoms with Gasteiger partial charge in [0.05, 0.1) is 13.2 Å². The molecule has 3 atom stereocenters. The van der Waals surface area contributed by atoms with E-state index in [4.69, 9.17) is 18.9 Å². The van der Waals surface area contributed by atoms with E-state index >= 15 is 0 Å². The highest BCUT2D eigenvalue weighted by molar-refractivity contribution is 5.69. The highest BCUT2D eigenvalue weighted by atomic mass is 16.6. The zero-order chi connectivity index (χ0) is 15.3. The maximum Gasteiger partial charge on any atom is 0.303 e. The molecule has 1 rings (SSSR count). The Morgan fingerprint density at radius 1 is 1.15 bits per heavy atom. The average molecular weight is 289 g/mol. The number of carbonyl (C=O) groups excluding carboxylic acids is 3. The molecule has 1 aliphatic heterocycles. The van der Waals surface area contributed by atoms with Crippen LogP contribution in [0.2, 0.25) is 0 Å². The fourth-order valence-corrected chi connectivity index (χ4v) is 1.80. The molecule has 113 valence electrons. The third-order valence-electron chi connectivity index (χ3n) is 2.43. The second-order valence-electron chi connectivity index (χ2n) is 4.18. The SMILES string of the molecule is CC(=O)O[C]1[C@@H](CO)OC[C@H](OC(C)=O)[C@H]1OC(C)=O. The molecule has 0 aromatic heterocycles. The van der Waals surface area contributed by atoms with Crippen LogP contribution in [-0.4, -0.2) is 54.5 Å². The molecule has 0 amide bonds. The Labute approximate surface area is 115 Å². The van der Waals surface area contributed by atoms with Crippen molar-refractivity contribution in [2.24, 2.45) is 0 Å². The van der Waals surface area contributed by atoms with Gasteiger partial charge in [0.25, 0.3) is 0 Å². The lowest BCUT2D eigenvalue weighted by atomic mass is 9.99. The Kier molecular flexibility index (Phi) is 5.90. The molecule has 0 aliphatic carbocycles. The summed E-state index contributed by atoms with van der Waals surface area (Å²) in [7, 11) is 0. The summed E-state index contributed by atoms with van der Waals surface area (Å²) in [6.45, 7) is 2.95. The second-order valence-corrected chi connectivity index (χ2v) is 4.18. The topological polar surface area (TPSA) is 108 Å². The largest absolute Gasteiger partial charge is 0.456 e. The summed E-state index contributed by atoms with van der Waals surface area (Å²) in [6, 6.07) is 0. The first-order valence-corrected chi connectivity index (χ1v) is 5.97. The molecule has 8 nitrogen and oxygen atoms in total. The van der Waals surface area contributed by atoms with Crippen molar-refractivity contribution in [1.82, 2.24) is 0 Å². The molecule has 1 saturated heterocycles. The van der Waals surface area contributed by atoms with Crippen LogP contribution < -0.4 is 0 Å². The van der Waals surface area contributed by atoms with E-state index in [0.717, 1.165) is 6.92 Å². The fourth-order valence-electron chi connectivity index (χ4n) is 1.80. The lowest BCUT2D eigenvalue weighted by Gasteiger charge is -2.38. The summed E-state index contributed by atoms with van der Waals surface area (Å²) in [4.78, 5) is 33.3. The van der Waals surface area contributed by atoms with Gasteiger partial charge in [0.1, 0.15) is 6.10 Å². The molecule has 8 heteroatoms. The van der Waals surface area contributed by atoms with E-state index < -0.39 is 42.8 Å². The van der Waals surface area contributed by atoms with Crippen molar-refractivity contribution < 1.29 is 38.4 Å². The van der Waals surface area contributed by atoms with Crippen LogP contribution in [0.5, 0.6) is 0 Å². The van der Waals surface area contributed by atoms with Gasteiger partial charge in [0, 0.05) is 20.8 Å². The van der Waals surface area contributed by atoms with Gasteiger partial charge in [0.2, 0.25) is 6.10 Å². The molecule has 1 N–H and O–H groups in total. The van der Waals surface area contributed by atoms with Crippen LogP contribution in [-0.2, 0) is 33.3 Å². The minimum absolute atomic E-state index is 0.0898. The Bertz CT molecular complexity index is 380. The van der Waals surface area contributed by atoms with Crippen LogP contribution in [0.4, 0.5) is 0 Å². The Hall–Kier alpha value is -1.67. The van der Waals surface area contributed by atoms with Crippen LogP contribution in [0.25, 0.3) is 0 Å². The molecular formula is C12H17O8. The van der Waals surface area contributed by atoms with Gasteiger partial charge < -0.3 is 24.1 Å². The summed E-state index contributed by atoms with van der Waals surface area (Å²) in [5.74, 6) is -1.90. The minimum atomic E-state index is -1.11. The van der Waals surface area contributed by atoms with E-state index in [-0.39, 0.29) is 12.7 Å². The van der Waals surface area contributed by atoms with Crippen molar-refractivity contribution in [3.8, 4) is 0 Å². The van der Waals surface area contributed by atoms with Gasteiger partial charge in [0.15, 0.2) is 12.2 Å². The van der Waals surface area contributed by atoms with Crippen LogP contribution >= 0.6 is 0 Å². The number of ether oxygens (including phenoxy) is 4. The predicted octanol–water partition coefficient (Wildman–Crippen LogP) is -0.664. The smallest absolute Gasteiger partial charge is 0.303 e. The number of aliphatic hydroxyl groups excluding tert-OH is 1. The number of hydrogen-bond donors (Lipinski definition) is 1. The van der Waals surface area contributed by atoms with Gasteiger partial charge in [-0.3, -0.25) is 14.4 Å². The number of carbonyl (C=O) groups is 3. The van der Waals surface area contributed by atoms with E-state index in [1.54, 1.807) is 0 Å². The maximum atomic E-state index is 11.1. The standard InChI is InChI=1S/C12H17O8/c1-6(14)18-10-5-17-9(4-13)11(19-7(2)15)12(10)20-8(3)16/h9-10,12-13H,4-5H2,1-3H3/t9-,10+,12-/m1/s1. The highest BCUT2D eigenvalue weighted by Crippen LogP contribution is 2.29. The predicted molar refractivity (Wildman–Crippen MR) is 62.9 cm³/mol. The van der Waals surface area contributed by atoms with E-state index in [1.165, 1.54) is 13.8 Å². The van der Waals surface area contributed by atoms with Crippen LogP contribution in [0.3, 0.4) is 0 Å². The first kappa shape index (κ1) is 16.4. The van der Waals surface area contributed by atoms with E-state index in [9.17, 15) is 19.5 Å². The van der Waals surface area contributed by atoms with Crippen molar-refractivity contribution in [3.05, 3.63) is 6.10 Å². The molecule has 0 unspecified atom stereocenters. The Balaban J connectivity index is 2.95. The third kappa shape index (κ3) is 4.46. The van der Waals surface area contributed by atoms with Gasteiger partial charge in [-0.25, -0.2) is 0 Å². The van der Waals surface area contributed by atoms with E-state index in [2.05, 4.69) is 0 Å². The number of aliphatic hydroxyl groups is 1. The van der Waals surface area contributed by atoms with Gasteiger partial charge in [-0.05, 0) is 0 Å². The van der Waals surface area contributed by atoms with E-state index in [0.29, 0.717) is 0 Å². The summed E-state index contributed by atoms with van der Waals surface area (Å²) in [5.41, 5.74) is 0. The lowest BCUT2D eigenvalue weighted by molar-refractivity contribution is -0.202. The van der Waals surface area contributed by atoms with Crippen molar-refractivity contribution in [2.75, 3.05) is 13.2 Å². The van der Waals surface area contributed by atoms with Gasteiger partial charge in [-0.2, -0.15) is 0 Å². The van der Waals surface area contributed by atoms with Gasteiger partial charge >= 0.3 is 17.9 Å². The highest BCUT2D eigenvalue weighted by Gasteiger charge is 2.47. The number of hydrogen-bond acceptors (Lipinski definition) is 8. The van der Waals surface area contributed by atoms with Crippen molar-refractivity contribution >= 4 is 17.9 Å². The third-order valence-corrected chi connectivity index (χ3v) is 2.43. The molecule has 1 radical (unpaired) electrons. The first-order valence-electron chi connectivity index (χ1n) is 5.97. The van der Waals surface area contributed by atoms with Crippen LogP contribution in [0.15, 0.2) is 0 Å². The molecule has 0 aromatic rings. The van der Waals surface area contributed by atoms with Gasteiger partial charge in [-0.1, -0.05) is 0 Å². The molecule has 0 bridgehead atoms. The molecule has 0 saturated carbocycles. The molecule has 1 fully saturated rings. The monoisotopic (exact) mass is 289 g/mol. The summed E-state index contributed by atoms with van der Waals surface area (Å²) >= 11 is 0. The fraction of sp³-hybridized carbons (Fsp3) is 0.667. The first-order chi connectivity index (χ1) is 9.35. The zero-order valence-corrected chi connectivity index (χ0v) is 11.5. The second kappa shape index (κ2) is 7.20. The average Bonchev–Trinajstić information content (AvgIpc) is 2.31. The number of esters is 3. The van der Waals surface area contributed by atoms with Crippen molar-refractivity contribution in [1.29, 1.82) is 0 Å². The molecular weight excluding hydrogens is 272 g/mol. The van der Waals surface area contributed by atoms with Crippen LogP contribution in [0, 0.1) is 6.10 Å². The van der Waals surface area contributed by atoms with E-state index in [1.807, 2.05) is 0 Å². The molecule has 1 aliphatic rings. The lowest BCUT2D eigenvalue weighted by Crippen LogP contribution is -2.53. The molecule has 20 heavy (non-hydrogen) atoms. The quantitative estimate of drug-likeness (QED) is 0.536. The molecule has 0 aromatic carbocycles. The Morgan fingerprint density at radius 2 is 1.75 bits per heavy atom.